The summed E-state index contributed by atoms with van der Waals surface area (Å²) in [7, 11) is 0. The van der Waals surface area contributed by atoms with Gasteiger partial charge in [0.2, 0.25) is 0 Å². The first-order valence-electron chi connectivity index (χ1n) is 5.74. The third-order valence-electron chi connectivity index (χ3n) is 2.75. The van der Waals surface area contributed by atoms with Crippen molar-refractivity contribution < 1.29 is 22.0 Å². The molecule has 6 heteroatoms. The summed E-state index contributed by atoms with van der Waals surface area (Å²) >= 11 is 0. The largest absolute Gasteiger partial charge is 0.376 e. The number of anilines is 1. The van der Waals surface area contributed by atoms with Gasteiger partial charge in [-0.25, -0.2) is 22.0 Å². The van der Waals surface area contributed by atoms with Crippen molar-refractivity contribution in [2.24, 2.45) is 0 Å². The van der Waals surface area contributed by atoms with Crippen molar-refractivity contribution in [1.29, 1.82) is 0 Å². The lowest BCUT2D eigenvalue weighted by Gasteiger charge is -2.16. The highest BCUT2D eigenvalue weighted by atomic mass is 19.2. The van der Waals surface area contributed by atoms with Crippen LogP contribution in [-0.2, 0) is 0 Å². The second-order valence-corrected chi connectivity index (χ2v) is 4.32. The van der Waals surface area contributed by atoms with Crippen LogP contribution in [0.3, 0.4) is 0 Å². The van der Waals surface area contributed by atoms with Crippen molar-refractivity contribution in [3.8, 4) is 0 Å². The monoisotopic (exact) mass is 287 g/mol. The van der Waals surface area contributed by atoms with Gasteiger partial charge in [-0.05, 0) is 24.6 Å². The van der Waals surface area contributed by atoms with Crippen molar-refractivity contribution >= 4 is 5.69 Å². The van der Waals surface area contributed by atoms with Gasteiger partial charge < -0.3 is 5.32 Å². The maximum absolute atomic E-state index is 13.5. The van der Waals surface area contributed by atoms with Crippen molar-refractivity contribution in [1.82, 2.24) is 0 Å². The number of rotatable bonds is 3. The molecule has 0 heterocycles. The standard InChI is InChI=1S/C14H10F5N/c1-7(8-2-9(15)4-10(16)3-8)20-13-6-11(17)5-12(18)14(13)19/h2-7,20H,1H3. The van der Waals surface area contributed by atoms with E-state index in [0.29, 0.717) is 12.1 Å². The van der Waals surface area contributed by atoms with Crippen LogP contribution >= 0.6 is 0 Å². The third kappa shape index (κ3) is 3.07. The summed E-state index contributed by atoms with van der Waals surface area (Å²) in [6, 6.07) is 3.23. The maximum atomic E-state index is 13.5. The fourth-order valence-corrected chi connectivity index (χ4v) is 1.80. The molecular formula is C14H10F5N. The van der Waals surface area contributed by atoms with Crippen LogP contribution in [0.5, 0.6) is 0 Å². The number of hydrogen-bond acceptors (Lipinski definition) is 1. The van der Waals surface area contributed by atoms with Gasteiger partial charge in [0.1, 0.15) is 17.5 Å². The molecule has 1 N–H and O–H groups in total. The van der Waals surface area contributed by atoms with Crippen LogP contribution in [0.4, 0.5) is 27.6 Å². The van der Waals surface area contributed by atoms with E-state index in [2.05, 4.69) is 5.32 Å². The van der Waals surface area contributed by atoms with Crippen molar-refractivity contribution in [3.05, 3.63) is 65.0 Å². The van der Waals surface area contributed by atoms with Gasteiger partial charge in [0.25, 0.3) is 0 Å². The second-order valence-electron chi connectivity index (χ2n) is 4.32. The second kappa shape index (κ2) is 5.48. The minimum Gasteiger partial charge on any atom is -0.376 e. The van der Waals surface area contributed by atoms with Crippen LogP contribution in [0.2, 0.25) is 0 Å². The molecular weight excluding hydrogens is 277 g/mol. The smallest absolute Gasteiger partial charge is 0.182 e. The highest BCUT2D eigenvalue weighted by molar-refractivity contribution is 5.47. The summed E-state index contributed by atoms with van der Waals surface area (Å²) in [5.74, 6) is -5.14. The summed E-state index contributed by atoms with van der Waals surface area (Å²) < 4.78 is 65.7. The van der Waals surface area contributed by atoms with E-state index in [1.807, 2.05) is 0 Å². The predicted octanol–water partition coefficient (Wildman–Crippen LogP) is 4.56. The molecule has 0 saturated heterocycles. The van der Waals surface area contributed by atoms with Gasteiger partial charge in [-0.1, -0.05) is 0 Å². The van der Waals surface area contributed by atoms with Gasteiger partial charge in [-0.2, -0.15) is 0 Å². The number of hydrogen-bond donors (Lipinski definition) is 1. The van der Waals surface area contributed by atoms with Crippen LogP contribution in [0.15, 0.2) is 30.3 Å². The van der Waals surface area contributed by atoms with Crippen molar-refractivity contribution in [2.75, 3.05) is 5.32 Å². The molecule has 106 valence electrons. The van der Waals surface area contributed by atoms with E-state index in [4.69, 9.17) is 0 Å². The highest BCUT2D eigenvalue weighted by Crippen LogP contribution is 2.25. The van der Waals surface area contributed by atoms with E-state index >= 15 is 0 Å². The minimum absolute atomic E-state index is 0.187. The molecule has 0 aliphatic rings. The molecule has 20 heavy (non-hydrogen) atoms. The Morgan fingerprint density at radius 3 is 1.95 bits per heavy atom. The fraction of sp³-hybridized carbons (Fsp3) is 0.143. The number of benzene rings is 2. The zero-order chi connectivity index (χ0) is 14.9. The van der Waals surface area contributed by atoms with E-state index in [1.165, 1.54) is 6.92 Å². The predicted molar refractivity (Wildman–Crippen MR) is 64.7 cm³/mol. The van der Waals surface area contributed by atoms with Gasteiger partial charge in [-0.15, -0.1) is 0 Å². The van der Waals surface area contributed by atoms with Gasteiger partial charge in [0.05, 0.1) is 5.69 Å². The molecule has 0 spiro atoms. The summed E-state index contributed by atoms with van der Waals surface area (Å²) in [5, 5.41) is 2.47. The van der Waals surface area contributed by atoms with E-state index in [0.717, 1.165) is 18.2 Å². The first-order chi connectivity index (χ1) is 9.36. The van der Waals surface area contributed by atoms with Gasteiger partial charge >= 0.3 is 0 Å². The molecule has 0 aromatic heterocycles. The molecule has 0 aliphatic heterocycles. The minimum atomic E-state index is -1.34. The summed E-state index contributed by atoms with van der Waals surface area (Å²) in [6.07, 6.45) is 0. The molecule has 2 rings (SSSR count). The van der Waals surface area contributed by atoms with Gasteiger partial charge in [0, 0.05) is 24.2 Å². The molecule has 2 aromatic rings. The summed E-state index contributed by atoms with van der Waals surface area (Å²) in [4.78, 5) is 0. The molecule has 0 saturated carbocycles. The lowest BCUT2D eigenvalue weighted by atomic mass is 10.1. The molecule has 0 bridgehead atoms. The van der Waals surface area contributed by atoms with E-state index < -0.39 is 40.8 Å². The average molecular weight is 287 g/mol. The Morgan fingerprint density at radius 1 is 0.800 bits per heavy atom. The molecule has 1 nitrogen and oxygen atoms in total. The summed E-state index contributed by atoms with van der Waals surface area (Å²) in [6.45, 7) is 1.48. The number of nitrogens with one attached hydrogen (secondary N) is 1. The SMILES string of the molecule is CC(Nc1cc(F)cc(F)c1F)c1cc(F)cc(F)c1. The van der Waals surface area contributed by atoms with E-state index in [9.17, 15) is 22.0 Å². The first kappa shape index (κ1) is 14.3. The molecule has 1 unspecified atom stereocenters. The van der Waals surface area contributed by atoms with E-state index in [-0.39, 0.29) is 5.56 Å². The molecule has 0 amide bonds. The Balaban J connectivity index is 2.30. The Hall–Kier alpha value is -2.11. The average Bonchev–Trinajstić information content (AvgIpc) is 2.34. The molecule has 0 radical (unpaired) electrons. The lowest BCUT2D eigenvalue weighted by molar-refractivity contribution is 0.496. The molecule has 1 atom stereocenters. The van der Waals surface area contributed by atoms with Crippen LogP contribution in [0.1, 0.15) is 18.5 Å². The fourth-order valence-electron chi connectivity index (χ4n) is 1.80. The lowest BCUT2D eigenvalue weighted by Crippen LogP contribution is -2.10. The Morgan fingerprint density at radius 2 is 1.35 bits per heavy atom. The highest BCUT2D eigenvalue weighted by Gasteiger charge is 2.15. The van der Waals surface area contributed by atoms with Crippen LogP contribution in [0, 0.1) is 29.1 Å². The molecule has 2 aromatic carbocycles. The first-order valence-corrected chi connectivity index (χ1v) is 5.74. The topological polar surface area (TPSA) is 12.0 Å². The zero-order valence-corrected chi connectivity index (χ0v) is 10.4. The Kier molecular flexibility index (Phi) is 3.92. The third-order valence-corrected chi connectivity index (χ3v) is 2.75. The van der Waals surface area contributed by atoms with Gasteiger partial charge in [0.15, 0.2) is 11.6 Å². The zero-order valence-electron chi connectivity index (χ0n) is 10.4. The number of halogens is 5. The molecule has 0 fully saturated rings. The van der Waals surface area contributed by atoms with Crippen LogP contribution < -0.4 is 5.32 Å². The maximum Gasteiger partial charge on any atom is 0.182 e. The van der Waals surface area contributed by atoms with E-state index in [1.54, 1.807) is 0 Å². The summed E-state index contributed by atoms with van der Waals surface area (Å²) in [5.41, 5.74) is -0.230. The Labute approximate surface area is 112 Å². The quantitative estimate of drug-likeness (QED) is 0.645. The molecule has 0 aliphatic carbocycles. The normalized spacial score (nSPS) is 12.3. The van der Waals surface area contributed by atoms with Crippen molar-refractivity contribution in [3.63, 3.8) is 0 Å². The van der Waals surface area contributed by atoms with Crippen LogP contribution in [0.25, 0.3) is 0 Å². The van der Waals surface area contributed by atoms with Gasteiger partial charge in [-0.3, -0.25) is 0 Å². The Bertz CT molecular complexity index is 621. The van der Waals surface area contributed by atoms with Crippen molar-refractivity contribution in [2.45, 2.75) is 13.0 Å². The van der Waals surface area contributed by atoms with Crippen LogP contribution in [-0.4, -0.2) is 0 Å².